The minimum absolute atomic E-state index is 0.00223. The molecule has 0 radical (unpaired) electrons. The molecule has 0 fully saturated rings. The zero-order chi connectivity index (χ0) is 14.3. The van der Waals surface area contributed by atoms with Gasteiger partial charge in [0.15, 0.2) is 17.5 Å². The van der Waals surface area contributed by atoms with Crippen molar-refractivity contribution < 1.29 is 13.2 Å². The third-order valence-corrected chi connectivity index (χ3v) is 3.12. The molecule has 0 unspecified atom stereocenters. The Morgan fingerprint density at radius 2 is 1.79 bits per heavy atom. The summed E-state index contributed by atoms with van der Waals surface area (Å²) in [6, 6.07) is 3.80. The van der Waals surface area contributed by atoms with Crippen LogP contribution < -0.4 is 5.73 Å². The number of rotatable bonds is 1. The molecule has 0 saturated carbocycles. The summed E-state index contributed by atoms with van der Waals surface area (Å²) in [7, 11) is 0. The maximum Gasteiger partial charge on any atom is 0.196 e. The van der Waals surface area contributed by atoms with Gasteiger partial charge in [0, 0.05) is 5.69 Å². The molecule has 98 valence electrons. The van der Waals surface area contributed by atoms with Crippen LogP contribution in [-0.4, -0.2) is 4.57 Å². The van der Waals surface area contributed by atoms with Crippen LogP contribution in [0.1, 0.15) is 16.8 Å². The standard InChI is InChI=1S/C13H10F3N3/c1-6-7(2)19(13(18)8(6)5-17)10-4-3-9(14)11(15)12(10)16/h3-4H,18H2,1-2H3. The topological polar surface area (TPSA) is 54.7 Å². The molecule has 0 atom stereocenters. The molecular weight excluding hydrogens is 255 g/mol. The summed E-state index contributed by atoms with van der Waals surface area (Å²) in [6.07, 6.45) is 0. The third-order valence-electron chi connectivity index (χ3n) is 3.12. The van der Waals surface area contributed by atoms with E-state index in [0.717, 1.165) is 12.1 Å². The third kappa shape index (κ3) is 1.74. The van der Waals surface area contributed by atoms with E-state index >= 15 is 0 Å². The largest absolute Gasteiger partial charge is 0.384 e. The van der Waals surface area contributed by atoms with Crippen molar-refractivity contribution in [3.05, 3.63) is 46.4 Å². The molecule has 1 heterocycles. The van der Waals surface area contributed by atoms with Gasteiger partial charge in [0.2, 0.25) is 0 Å². The first-order chi connectivity index (χ1) is 8.90. The number of hydrogen-bond acceptors (Lipinski definition) is 2. The van der Waals surface area contributed by atoms with Crippen LogP contribution >= 0.6 is 0 Å². The van der Waals surface area contributed by atoms with E-state index in [0.29, 0.717) is 11.3 Å². The first kappa shape index (κ1) is 13.0. The maximum absolute atomic E-state index is 13.8. The number of benzene rings is 1. The Kier molecular flexibility index (Phi) is 2.98. The molecule has 2 rings (SSSR count). The number of nitriles is 1. The molecule has 0 bridgehead atoms. The van der Waals surface area contributed by atoms with E-state index in [4.69, 9.17) is 11.0 Å². The molecule has 6 heteroatoms. The van der Waals surface area contributed by atoms with Crippen molar-refractivity contribution in [2.24, 2.45) is 0 Å². The molecule has 0 aliphatic rings. The lowest BCUT2D eigenvalue weighted by molar-refractivity contribution is 0.444. The lowest BCUT2D eigenvalue weighted by Gasteiger charge is -2.11. The molecule has 2 N–H and O–H groups in total. The zero-order valence-corrected chi connectivity index (χ0v) is 10.3. The van der Waals surface area contributed by atoms with Crippen LogP contribution in [0, 0.1) is 42.6 Å². The van der Waals surface area contributed by atoms with E-state index in [9.17, 15) is 13.2 Å². The Bertz CT molecular complexity index is 711. The van der Waals surface area contributed by atoms with Crippen LogP contribution in [-0.2, 0) is 0 Å². The van der Waals surface area contributed by atoms with Gasteiger partial charge < -0.3 is 5.73 Å². The fraction of sp³-hybridized carbons (Fsp3) is 0.154. The minimum Gasteiger partial charge on any atom is -0.384 e. The predicted octanol–water partition coefficient (Wildman–Crippen LogP) is 2.97. The molecule has 0 aliphatic carbocycles. The van der Waals surface area contributed by atoms with Crippen LogP contribution in [0.3, 0.4) is 0 Å². The van der Waals surface area contributed by atoms with Gasteiger partial charge in [-0.3, -0.25) is 4.57 Å². The van der Waals surface area contributed by atoms with E-state index in [1.54, 1.807) is 13.8 Å². The maximum atomic E-state index is 13.8. The molecule has 19 heavy (non-hydrogen) atoms. The van der Waals surface area contributed by atoms with E-state index in [2.05, 4.69) is 0 Å². The second kappa shape index (κ2) is 4.35. The number of aromatic nitrogens is 1. The van der Waals surface area contributed by atoms with Gasteiger partial charge in [-0.25, -0.2) is 13.2 Å². The fourth-order valence-electron chi connectivity index (χ4n) is 1.97. The highest BCUT2D eigenvalue weighted by Crippen LogP contribution is 2.29. The summed E-state index contributed by atoms with van der Waals surface area (Å²) in [6.45, 7) is 3.27. The lowest BCUT2D eigenvalue weighted by atomic mass is 10.2. The van der Waals surface area contributed by atoms with Crippen molar-refractivity contribution in [3.8, 4) is 11.8 Å². The first-order valence-corrected chi connectivity index (χ1v) is 5.41. The second-order valence-electron chi connectivity index (χ2n) is 4.11. The van der Waals surface area contributed by atoms with Crippen LogP contribution in [0.4, 0.5) is 19.0 Å². The summed E-state index contributed by atoms with van der Waals surface area (Å²) in [5.41, 5.74) is 6.81. The molecule has 0 aliphatic heterocycles. The van der Waals surface area contributed by atoms with Crippen molar-refractivity contribution in [2.75, 3.05) is 5.73 Å². The van der Waals surface area contributed by atoms with Crippen LogP contribution in [0.5, 0.6) is 0 Å². The summed E-state index contributed by atoms with van der Waals surface area (Å²) in [4.78, 5) is 0. The van der Waals surface area contributed by atoms with E-state index in [1.165, 1.54) is 4.57 Å². The van der Waals surface area contributed by atoms with Crippen molar-refractivity contribution >= 4 is 5.82 Å². The van der Waals surface area contributed by atoms with E-state index < -0.39 is 17.5 Å². The predicted molar refractivity (Wildman–Crippen MR) is 64.2 cm³/mol. The lowest BCUT2D eigenvalue weighted by Crippen LogP contribution is -2.07. The van der Waals surface area contributed by atoms with Gasteiger partial charge in [-0.15, -0.1) is 0 Å². The van der Waals surface area contributed by atoms with Crippen molar-refractivity contribution in [3.63, 3.8) is 0 Å². The molecule has 2 aromatic rings. The number of hydrogen-bond donors (Lipinski definition) is 1. The normalized spacial score (nSPS) is 10.5. The monoisotopic (exact) mass is 265 g/mol. The van der Waals surface area contributed by atoms with Gasteiger partial charge in [0.05, 0.1) is 11.3 Å². The molecule has 1 aromatic heterocycles. The van der Waals surface area contributed by atoms with E-state index in [1.807, 2.05) is 6.07 Å². The highest BCUT2D eigenvalue weighted by molar-refractivity contribution is 5.62. The van der Waals surface area contributed by atoms with Crippen molar-refractivity contribution in [1.29, 1.82) is 5.26 Å². The Morgan fingerprint density at radius 1 is 1.16 bits per heavy atom. The molecule has 0 saturated heterocycles. The highest BCUT2D eigenvalue weighted by atomic mass is 19.2. The second-order valence-corrected chi connectivity index (χ2v) is 4.11. The highest BCUT2D eigenvalue weighted by Gasteiger charge is 2.21. The van der Waals surface area contributed by atoms with Crippen LogP contribution in [0.25, 0.3) is 5.69 Å². The molecule has 3 nitrogen and oxygen atoms in total. The summed E-state index contributed by atoms with van der Waals surface area (Å²) < 4.78 is 41.2. The van der Waals surface area contributed by atoms with Crippen LogP contribution in [0.2, 0.25) is 0 Å². The van der Waals surface area contributed by atoms with Gasteiger partial charge in [-0.2, -0.15) is 5.26 Å². The average molecular weight is 265 g/mol. The summed E-state index contributed by atoms with van der Waals surface area (Å²) in [5, 5.41) is 8.98. The van der Waals surface area contributed by atoms with Gasteiger partial charge in [-0.05, 0) is 31.5 Å². The quantitative estimate of drug-likeness (QED) is 0.806. The Hall–Kier alpha value is -2.42. The van der Waals surface area contributed by atoms with Gasteiger partial charge in [-0.1, -0.05) is 0 Å². The molecular formula is C13H10F3N3. The summed E-state index contributed by atoms with van der Waals surface area (Å²) in [5.74, 6) is -4.18. The number of nitrogens with zero attached hydrogens (tertiary/aromatic N) is 2. The number of halogens is 3. The van der Waals surface area contributed by atoms with Gasteiger partial charge in [0.25, 0.3) is 0 Å². The first-order valence-electron chi connectivity index (χ1n) is 5.41. The number of anilines is 1. The smallest absolute Gasteiger partial charge is 0.196 e. The Morgan fingerprint density at radius 3 is 2.32 bits per heavy atom. The van der Waals surface area contributed by atoms with Gasteiger partial charge >= 0.3 is 0 Å². The molecule has 1 aromatic carbocycles. The average Bonchev–Trinajstić information content (AvgIpc) is 2.59. The summed E-state index contributed by atoms with van der Waals surface area (Å²) >= 11 is 0. The molecule has 0 amide bonds. The van der Waals surface area contributed by atoms with Crippen LogP contribution in [0.15, 0.2) is 12.1 Å². The van der Waals surface area contributed by atoms with Crippen molar-refractivity contribution in [2.45, 2.75) is 13.8 Å². The minimum atomic E-state index is -1.57. The fourth-order valence-corrected chi connectivity index (χ4v) is 1.97. The number of nitrogens with two attached hydrogens (primary N) is 1. The number of nitrogen functional groups attached to an aromatic ring is 1. The van der Waals surface area contributed by atoms with Crippen molar-refractivity contribution in [1.82, 2.24) is 4.57 Å². The molecule has 0 spiro atoms. The van der Waals surface area contributed by atoms with E-state index in [-0.39, 0.29) is 17.1 Å². The Labute approximate surface area is 107 Å². The van der Waals surface area contributed by atoms with Gasteiger partial charge in [0.1, 0.15) is 11.9 Å². The Balaban J connectivity index is 2.82. The zero-order valence-electron chi connectivity index (χ0n) is 10.3. The SMILES string of the molecule is Cc1c(C#N)c(N)n(-c2ccc(F)c(F)c2F)c1C.